The van der Waals surface area contributed by atoms with Crippen molar-refractivity contribution < 1.29 is 13.6 Å². The summed E-state index contributed by atoms with van der Waals surface area (Å²) in [5.41, 5.74) is 0. The molecule has 5 heteroatoms. The summed E-state index contributed by atoms with van der Waals surface area (Å²) < 4.78 is 19.3. The van der Waals surface area contributed by atoms with E-state index in [2.05, 4.69) is 9.05 Å². The molecule has 0 aliphatic carbocycles. The van der Waals surface area contributed by atoms with Gasteiger partial charge in [-0.2, -0.15) is 0 Å². The van der Waals surface area contributed by atoms with Crippen molar-refractivity contribution in [2.75, 3.05) is 13.2 Å². The zero-order valence-electron chi connectivity index (χ0n) is 4.20. The maximum atomic E-state index is 10.2. The van der Waals surface area contributed by atoms with Gasteiger partial charge in [-0.3, -0.25) is 0 Å². The molecule has 0 N–H and O–H groups in total. The lowest BCUT2D eigenvalue weighted by Crippen LogP contribution is -2.00. The van der Waals surface area contributed by atoms with Gasteiger partial charge in [-0.15, -0.1) is 33.0 Å². The van der Waals surface area contributed by atoms with Gasteiger partial charge in [0.1, 0.15) is 13.2 Å². The minimum absolute atomic E-state index is 0. The summed E-state index contributed by atoms with van der Waals surface area (Å²) in [5, 5.41) is 0. The van der Waals surface area contributed by atoms with E-state index in [0.717, 1.165) is 6.42 Å². The van der Waals surface area contributed by atoms with Crippen molar-refractivity contribution in [1.82, 2.24) is 0 Å². The molecule has 0 amide bonds. The van der Waals surface area contributed by atoms with Crippen LogP contribution in [0.15, 0.2) is 0 Å². The summed E-state index contributed by atoms with van der Waals surface area (Å²) >= 11 is 0. The molecule has 0 aromatic carbocycles. The molecule has 0 spiro atoms. The molecule has 3 nitrogen and oxygen atoms in total. The first-order valence-corrected chi connectivity index (χ1v) is 3.22. The molecule has 0 saturated carbocycles. The van der Waals surface area contributed by atoms with Crippen molar-refractivity contribution in [3.63, 3.8) is 0 Å². The van der Waals surface area contributed by atoms with E-state index >= 15 is 0 Å². The maximum Gasteiger partial charge on any atom is 0.697 e. The Bertz CT molecular complexity index is 78.6. The summed E-state index contributed by atoms with van der Waals surface area (Å²) in [6, 6.07) is 0. The fourth-order valence-corrected chi connectivity index (χ4v) is 1.01. The van der Waals surface area contributed by atoms with Crippen LogP contribution in [0.25, 0.3) is 0 Å². The van der Waals surface area contributed by atoms with Crippen molar-refractivity contribution in [2.45, 2.75) is 6.42 Å². The Morgan fingerprint density at radius 3 is 2.00 bits per heavy atom. The van der Waals surface area contributed by atoms with Gasteiger partial charge in [0, 0.05) is 11.0 Å². The van der Waals surface area contributed by atoms with Crippen LogP contribution in [-0.4, -0.2) is 13.2 Å². The van der Waals surface area contributed by atoms with Gasteiger partial charge in [0.2, 0.25) is 0 Å². The standard InChI is InChI=1S/C3H6O3P.HI/c4-7-5-2-1-3-6-7;/h1-3H2;1H/q+1;. The van der Waals surface area contributed by atoms with Crippen molar-refractivity contribution >= 4 is 32.2 Å². The first-order valence-electron chi connectivity index (χ1n) is 2.13. The zero-order valence-corrected chi connectivity index (χ0v) is 7.43. The van der Waals surface area contributed by atoms with E-state index in [9.17, 15) is 4.57 Å². The highest BCUT2D eigenvalue weighted by molar-refractivity contribution is 14.0. The monoisotopic (exact) mass is 249 g/mol. The number of hydrogen-bond donors (Lipinski definition) is 0. The topological polar surface area (TPSA) is 35.5 Å². The quantitative estimate of drug-likeness (QED) is 0.484. The van der Waals surface area contributed by atoms with Crippen LogP contribution in [0.5, 0.6) is 0 Å². The molecule has 0 bridgehead atoms. The second-order valence-corrected chi connectivity index (χ2v) is 2.21. The Balaban J connectivity index is 0.000000490. The minimum Gasteiger partial charge on any atom is -0.119 e. The third kappa shape index (κ3) is 2.91. The molecule has 0 aromatic rings. The molecule has 0 aromatic heterocycles. The smallest absolute Gasteiger partial charge is 0.119 e. The molecule has 0 atom stereocenters. The van der Waals surface area contributed by atoms with Crippen LogP contribution < -0.4 is 0 Å². The van der Waals surface area contributed by atoms with Crippen LogP contribution in [0.4, 0.5) is 0 Å². The van der Waals surface area contributed by atoms with Gasteiger partial charge in [0.25, 0.3) is 0 Å². The van der Waals surface area contributed by atoms with Crippen LogP contribution in [0, 0.1) is 0 Å². The van der Waals surface area contributed by atoms with Crippen molar-refractivity contribution in [3.05, 3.63) is 0 Å². The summed E-state index contributed by atoms with van der Waals surface area (Å²) in [5.74, 6) is 0. The second-order valence-electron chi connectivity index (χ2n) is 1.24. The van der Waals surface area contributed by atoms with Crippen LogP contribution >= 0.6 is 32.2 Å². The molecule has 0 unspecified atom stereocenters. The highest BCUT2D eigenvalue weighted by Crippen LogP contribution is 2.27. The van der Waals surface area contributed by atoms with E-state index in [0.29, 0.717) is 13.2 Å². The number of rotatable bonds is 0. The SMILES string of the molecule is I.O=[P+]1OCCCO1. The van der Waals surface area contributed by atoms with Crippen LogP contribution in [0.1, 0.15) is 6.42 Å². The average molecular weight is 249 g/mol. The molecule has 8 heavy (non-hydrogen) atoms. The van der Waals surface area contributed by atoms with Gasteiger partial charge in [-0.05, 0) is 0 Å². The summed E-state index contributed by atoms with van der Waals surface area (Å²) in [4.78, 5) is 0. The molecular formula is C3H7IO3P+. The van der Waals surface area contributed by atoms with Gasteiger partial charge >= 0.3 is 8.25 Å². The highest BCUT2D eigenvalue weighted by Gasteiger charge is 2.23. The molecular weight excluding hydrogens is 242 g/mol. The maximum absolute atomic E-state index is 10.2. The lowest BCUT2D eigenvalue weighted by atomic mass is 10.5. The van der Waals surface area contributed by atoms with Crippen LogP contribution in [0.2, 0.25) is 0 Å². The second kappa shape index (κ2) is 4.61. The minimum atomic E-state index is -1.74. The van der Waals surface area contributed by atoms with Gasteiger partial charge in [-0.1, -0.05) is 0 Å². The molecule has 1 aliphatic heterocycles. The largest absolute Gasteiger partial charge is 0.697 e. The van der Waals surface area contributed by atoms with Gasteiger partial charge < -0.3 is 0 Å². The average Bonchev–Trinajstić information content (AvgIpc) is 1.69. The van der Waals surface area contributed by atoms with Gasteiger partial charge in [0.05, 0.1) is 0 Å². The first-order chi connectivity index (χ1) is 3.39. The third-order valence-electron chi connectivity index (χ3n) is 0.682. The zero-order chi connectivity index (χ0) is 5.11. The normalized spacial score (nSPS) is 19.8. The molecule has 1 saturated heterocycles. The fourth-order valence-electron chi connectivity index (χ4n) is 0.374. The Morgan fingerprint density at radius 2 is 1.75 bits per heavy atom. The van der Waals surface area contributed by atoms with E-state index in [1.807, 2.05) is 0 Å². The van der Waals surface area contributed by atoms with E-state index in [1.165, 1.54) is 0 Å². The van der Waals surface area contributed by atoms with Crippen molar-refractivity contribution in [2.24, 2.45) is 0 Å². The number of halogens is 1. The third-order valence-corrected chi connectivity index (χ3v) is 1.47. The van der Waals surface area contributed by atoms with Crippen molar-refractivity contribution in [1.29, 1.82) is 0 Å². The molecule has 1 aliphatic rings. The Labute approximate surface area is 65.7 Å². The fraction of sp³-hybridized carbons (Fsp3) is 1.00. The van der Waals surface area contributed by atoms with Crippen molar-refractivity contribution in [3.8, 4) is 0 Å². The van der Waals surface area contributed by atoms with E-state index < -0.39 is 8.25 Å². The van der Waals surface area contributed by atoms with E-state index in [4.69, 9.17) is 0 Å². The molecule has 48 valence electrons. The van der Waals surface area contributed by atoms with Crippen LogP contribution in [0.3, 0.4) is 0 Å². The highest BCUT2D eigenvalue weighted by atomic mass is 127. The number of hydrogen-bond acceptors (Lipinski definition) is 3. The summed E-state index contributed by atoms with van der Waals surface area (Å²) in [6.45, 7) is 1.16. The molecule has 1 fully saturated rings. The van der Waals surface area contributed by atoms with Crippen LogP contribution in [-0.2, 0) is 13.6 Å². The van der Waals surface area contributed by atoms with Gasteiger partial charge in [0.15, 0.2) is 0 Å². The van der Waals surface area contributed by atoms with E-state index in [1.54, 1.807) is 0 Å². The van der Waals surface area contributed by atoms with Gasteiger partial charge in [-0.25, -0.2) is 0 Å². The lowest BCUT2D eigenvalue weighted by molar-refractivity contribution is 0.165. The predicted octanol–water partition coefficient (Wildman–Crippen LogP) is 1.70. The van der Waals surface area contributed by atoms with E-state index in [-0.39, 0.29) is 24.0 Å². The summed E-state index contributed by atoms with van der Waals surface area (Å²) in [7, 11) is -1.74. The lowest BCUT2D eigenvalue weighted by Gasteiger charge is -1.94. The summed E-state index contributed by atoms with van der Waals surface area (Å²) in [6.07, 6.45) is 0.862. The Kier molecular flexibility index (Phi) is 5.04. The predicted molar refractivity (Wildman–Crippen MR) is 39.5 cm³/mol. The Hall–Kier alpha value is 0.750. The molecule has 0 radical (unpaired) electrons. The Morgan fingerprint density at radius 1 is 1.25 bits per heavy atom. The first kappa shape index (κ1) is 8.75. The molecule has 1 heterocycles. The molecule has 1 rings (SSSR count).